The molecule has 13 nitrogen and oxygen atoms in total. The van der Waals surface area contributed by atoms with E-state index in [9.17, 15) is 19.2 Å². The quantitative estimate of drug-likeness (QED) is 0.214. The van der Waals surface area contributed by atoms with Crippen molar-refractivity contribution in [2.75, 3.05) is 28.6 Å². The molecule has 1 aromatic carbocycles. The SMILES string of the molecule is Cc1ccoc1C(=O)Nc1ccc(-n2ccc(C)c(N3CCc4nc(NC(=O)NCCCC(=O)O)ncc4C3)c2=O)cc1. The van der Waals surface area contributed by atoms with E-state index < -0.39 is 12.0 Å². The zero-order valence-electron chi connectivity index (χ0n) is 23.7. The number of hydrogen-bond donors (Lipinski definition) is 4. The maximum atomic E-state index is 13.7. The second-order valence-corrected chi connectivity index (χ2v) is 10.2. The molecule has 222 valence electrons. The Kier molecular flexibility index (Phi) is 8.51. The lowest BCUT2D eigenvalue weighted by atomic mass is 10.1. The summed E-state index contributed by atoms with van der Waals surface area (Å²) >= 11 is 0. The van der Waals surface area contributed by atoms with Crippen LogP contribution in [0.4, 0.5) is 22.1 Å². The second kappa shape index (κ2) is 12.6. The van der Waals surface area contributed by atoms with Gasteiger partial charge in [-0.3, -0.25) is 24.3 Å². The molecule has 0 atom stereocenters. The number of fused-ring (bicyclic) bond motifs is 1. The molecule has 3 amide bonds. The van der Waals surface area contributed by atoms with Crippen molar-refractivity contribution in [3.05, 3.63) is 93.6 Å². The van der Waals surface area contributed by atoms with Gasteiger partial charge >= 0.3 is 12.0 Å². The fourth-order valence-corrected chi connectivity index (χ4v) is 4.86. The lowest BCUT2D eigenvalue weighted by Gasteiger charge is -2.31. The molecule has 0 fully saturated rings. The van der Waals surface area contributed by atoms with Gasteiger partial charge in [0.15, 0.2) is 5.76 Å². The van der Waals surface area contributed by atoms with E-state index in [1.165, 1.54) is 6.26 Å². The van der Waals surface area contributed by atoms with E-state index in [4.69, 9.17) is 9.52 Å². The summed E-state index contributed by atoms with van der Waals surface area (Å²) in [7, 11) is 0. The van der Waals surface area contributed by atoms with Gasteiger partial charge in [0.2, 0.25) is 5.95 Å². The minimum atomic E-state index is -0.920. The van der Waals surface area contributed by atoms with Gasteiger partial charge in [-0.25, -0.2) is 14.8 Å². The number of nitrogens with zero attached hydrogens (tertiary/aromatic N) is 4. The Morgan fingerprint density at radius 2 is 1.84 bits per heavy atom. The number of rotatable bonds is 9. The first-order valence-electron chi connectivity index (χ1n) is 13.7. The molecule has 5 rings (SSSR count). The molecule has 4 N–H and O–H groups in total. The maximum Gasteiger partial charge on any atom is 0.321 e. The predicted octanol–water partition coefficient (Wildman–Crippen LogP) is 3.64. The first-order chi connectivity index (χ1) is 20.7. The largest absolute Gasteiger partial charge is 0.481 e. The van der Waals surface area contributed by atoms with Gasteiger partial charge in [-0.05, 0) is 62.2 Å². The fraction of sp³-hybridized carbons (Fsp3) is 0.267. The topological polar surface area (TPSA) is 172 Å². The van der Waals surface area contributed by atoms with E-state index in [-0.39, 0.29) is 36.1 Å². The van der Waals surface area contributed by atoms with Crippen molar-refractivity contribution < 1.29 is 23.9 Å². The van der Waals surface area contributed by atoms with Gasteiger partial charge < -0.3 is 25.1 Å². The summed E-state index contributed by atoms with van der Waals surface area (Å²) in [6, 6.07) is 10.1. The third kappa shape index (κ3) is 6.72. The number of urea groups is 1. The highest BCUT2D eigenvalue weighted by Gasteiger charge is 2.23. The van der Waals surface area contributed by atoms with Crippen LogP contribution < -0.4 is 26.4 Å². The van der Waals surface area contributed by atoms with Gasteiger partial charge in [0.1, 0.15) is 5.69 Å². The number of carboxylic acids is 1. The molecule has 0 unspecified atom stereocenters. The van der Waals surface area contributed by atoms with Gasteiger partial charge in [0.05, 0.1) is 12.0 Å². The number of benzene rings is 1. The minimum absolute atomic E-state index is 0.0308. The Morgan fingerprint density at radius 1 is 1.05 bits per heavy atom. The van der Waals surface area contributed by atoms with E-state index in [2.05, 4.69) is 25.9 Å². The zero-order valence-corrected chi connectivity index (χ0v) is 23.7. The summed E-state index contributed by atoms with van der Waals surface area (Å²) in [6.45, 7) is 4.88. The first-order valence-corrected chi connectivity index (χ1v) is 13.7. The van der Waals surface area contributed by atoms with Crippen molar-refractivity contribution in [2.24, 2.45) is 0 Å². The van der Waals surface area contributed by atoms with Crippen LogP contribution in [0.1, 0.15) is 45.8 Å². The summed E-state index contributed by atoms with van der Waals surface area (Å²) in [5, 5.41) is 16.7. The van der Waals surface area contributed by atoms with Crippen molar-refractivity contribution in [3.63, 3.8) is 0 Å². The van der Waals surface area contributed by atoms with Crippen LogP contribution >= 0.6 is 0 Å². The molecule has 3 aromatic heterocycles. The third-order valence-electron chi connectivity index (χ3n) is 7.07. The van der Waals surface area contributed by atoms with Crippen LogP contribution in [0.15, 0.2) is 64.3 Å². The Hall–Kier alpha value is -5.46. The normalized spacial score (nSPS) is 12.4. The van der Waals surface area contributed by atoms with Crippen molar-refractivity contribution in [1.82, 2.24) is 19.9 Å². The van der Waals surface area contributed by atoms with Crippen molar-refractivity contribution in [2.45, 2.75) is 39.7 Å². The second-order valence-electron chi connectivity index (χ2n) is 10.2. The molecule has 0 saturated carbocycles. The molecule has 0 aliphatic carbocycles. The molecule has 4 aromatic rings. The number of nitrogens with one attached hydrogen (secondary N) is 3. The number of aryl methyl sites for hydroxylation is 2. The molecule has 0 radical (unpaired) electrons. The predicted molar refractivity (Wildman–Crippen MR) is 159 cm³/mol. The van der Waals surface area contributed by atoms with E-state index in [0.29, 0.717) is 43.0 Å². The van der Waals surface area contributed by atoms with Gasteiger partial charge in [0, 0.05) is 67.4 Å². The number of aliphatic carboxylic acids is 1. The van der Waals surface area contributed by atoms with Crippen LogP contribution in [-0.4, -0.2) is 50.6 Å². The van der Waals surface area contributed by atoms with Gasteiger partial charge in [-0.15, -0.1) is 0 Å². The van der Waals surface area contributed by atoms with Crippen molar-refractivity contribution in [3.8, 4) is 5.69 Å². The van der Waals surface area contributed by atoms with Gasteiger partial charge in [0.25, 0.3) is 11.5 Å². The van der Waals surface area contributed by atoms with Gasteiger partial charge in [-0.1, -0.05) is 0 Å². The van der Waals surface area contributed by atoms with E-state index in [1.807, 2.05) is 17.9 Å². The summed E-state index contributed by atoms with van der Waals surface area (Å²) in [4.78, 5) is 59.6. The van der Waals surface area contributed by atoms with Crippen LogP contribution in [0.25, 0.3) is 5.69 Å². The number of anilines is 3. The van der Waals surface area contributed by atoms with Crippen molar-refractivity contribution >= 4 is 35.2 Å². The number of amides is 3. The third-order valence-corrected chi connectivity index (χ3v) is 7.07. The minimum Gasteiger partial charge on any atom is -0.481 e. The van der Waals surface area contributed by atoms with Gasteiger partial charge in [-0.2, -0.15) is 0 Å². The van der Waals surface area contributed by atoms with E-state index >= 15 is 0 Å². The standard InChI is InChI=1S/C30H31N7O6/c1-18-9-14-37(22-7-5-21(6-8-22)33-27(40)26-19(2)11-15-43-26)28(41)25(18)36-13-10-23-20(17-36)16-32-29(34-23)35-30(42)31-12-3-4-24(38)39/h5-9,11,14-16H,3-4,10,12-13,17H2,1-2H3,(H,33,40)(H,38,39)(H2,31,32,34,35,42). The van der Waals surface area contributed by atoms with Crippen LogP contribution in [0.3, 0.4) is 0 Å². The van der Waals surface area contributed by atoms with E-state index in [1.54, 1.807) is 54.2 Å². The number of carboxylic acid groups (broad SMARTS) is 1. The molecule has 13 heteroatoms. The summed E-state index contributed by atoms with van der Waals surface area (Å²) < 4.78 is 6.82. The van der Waals surface area contributed by atoms with Crippen LogP contribution in [0, 0.1) is 13.8 Å². The summed E-state index contributed by atoms with van der Waals surface area (Å²) in [6.07, 6.45) is 5.67. The first kappa shape index (κ1) is 29.0. The average Bonchev–Trinajstić information content (AvgIpc) is 3.42. The highest BCUT2D eigenvalue weighted by molar-refractivity contribution is 6.03. The van der Waals surface area contributed by atoms with Crippen LogP contribution in [0.2, 0.25) is 0 Å². The molecule has 0 bridgehead atoms. The maximum absolute atomic E-state index is 13.7. The van der Waals surface area contributed by atoms with Crippen LogP contribution in [0.5, 0.6) is 0 Å². The average molecular weight is 586 g/mol. The summed E-state index contributed by atoms with van der Waals surface area (Å²) in [5.74, 6) is -0.865. The molecular weight excluding hydrogens is 554 g/mol. The van der Waals surface area contributed by atoms with Crippen molar-refractivity contribution in [1.29, 1.82) is 0 Å². The molecular formula is C30H31N7O6. The van der Waals surface area contributed by atoms with Crippen LogP contribution in [-0.2, 0) is 17.8 Å². The monoisotopic (exact) mass is 585 g/mol. The number of aromatic nitrogens is 3. The molecule has 43 heavy (non-hydrogen) atoms. The Bertz CT molecular complexity index is 1730. The van der Waals surface area contributed by atoms with E-state index in [0.717, 1.165) is 22.4 Å². The number of carbonyl (C=O) groups is 3. The lowest BCUT2D eigenvalue weighted by molar-refractivity contribution is -0.137. The fourth-order valence-electron chi connectivity index (χ4n) is 4.86. The molecule has 4 heterocycles. The highest BCUT2D eigenvalue weighted by atomic mass is 16.4. The smallest absolute Gasteiger partial charge is 0.321 e. The lowest BCUT2D eigenvalue weighted by Crippen LogP contribution is -2.37. The molecule has 0 spiro atoms. The Labute approximate surface area is 246 Å². The highest BCUT2D eigenvalue weighted by Crippen LogP contribution is 2.25. The molecule has 1 aliphatic heterocycles. The number of furan rings is 1. The number of hydrogen-bond acceptors (Lipinski definition) is 8. The zero-order chi connectivity index (χ0) is 30.5. The Balaban J connectivity index is 1.26. The molecule has 0 saturated heterocycles. The summed E-state index contributed by atoms with van der Waals surface area (Å²) in [5.41, 5.74) is 4.82. The Morgan fingerprint density at radius 3 is 2.56 bits per heavy atom. The molecule has 1 aliphatic rings. The number of pyridine rings is 1. The number of carbonyl (C=O) groups excluding carboxylic acids is 2.